The van der Waals surface area contributed by atoms with Gasteiger partial charge in [-0.15, -0.1) is 0 Å². The summed E-state index contributed by atoms with van der Waals surface area (Å²) in [4.78, 5) is 14.3. The summed E-state index contributed by atoms with van der Waals surface area (Å²) in [5.41, 5.74) is 0.478. The normalized spacial score (nSPS) is 21.8. The molecule has 2 aromatic carbocycles. The first-order valence-corrected chi connectivity index (χ1v) is 10.0. The number of β-amino-alcohol motifs (C(OH)–C–C–N with tert-alkyl or cyclic N) is 1. The monoisotopic (exact) mass is 418 g/mol. The van der Waals surface area contributed by atoms with Crippen LogP contribution >= 0.6 is 11.6 Å². The number of piperidine rings is 1. The Labute approximate surface area is 176 Å². The van der Waals surface area contributed by atoms with E-state index in [0.717, 1.165) is 16.9 Å². The number of halogens is 1. The number of rotatable bonds is 7. The van der Waals surface area contributed by atoms with Crippen LogP contribution in [0.15, 0.2) is 48.5 Å². The van der Waals surface area contributed by atoms with Crippen LogP contribution in [0.4, 0.5) is 0 Å². The molecule has 0 radical (unpaired) electrons. The SMILES string of the molecule is COc1cccc(CNC[C@@]2(O)CN(C(=O)Cc3ccc(Cl)cc3)CC[C@@H]2O)c1. The van der Waals surface area contributed by atoms with Crippen molar-refractivity contribution in [2.45, 2.75) is 31.1 Å². The van der Waals surface area contributed by atoms with Crippen molar-refractivity contribution in [2.75, 3.05) is 26.7 Å². The third-order valence-corrected chi connectivity index (χ3v) is 5.53. The number of carbonyl (C=O) groups is 1. The molecule has 3 N–H and O–H groups in total. The molecule has 2 aromatic rings. The van der Waals surface area contributed by atoms with Crippen LogP contribution in [-0.4, -0.2) is 59.5 Å². The molecule has 1 amide bonds. The molecule has 0 aliphatic carbocycles. The fourth-order valence-electron chi connectivity index (χ4n) is 3.54. The molecule has 0 unspecified atom stereocenters. The van der Waals surface area contributed by atoms with Gasteiger partial charge in [0.2, 0.25) is 5.91 Å². The zero-order valence-corrected chi connectivity index (χ0v) is 17.2. The number of likely N-dealkylation sites (tertiary alicyclic amines) is 1. The summed E-state index contributed by atoms with van der Waals surface area (Å²) in [5.74, 6) is 0.685. The fourth-order valence-corrected chi connectivity index (χ4v) is 3.67. The topological polar surface area (TPSA) is 82.0 Å². The summed E-state index contributed by atoms with van der Waals surface area (Å²) in [6.07, 6.45) is -0.315. The standard InChI is InChI=1S/C22H27ClN2O4/c1-29-19-4-2-3-17(11-19)13-24-14-22(28)15-25(10-9-20(22)26)21(27)12-16-5-7-18(23)8-6-16/h2-8,11,20,24,26,28H,9-10,12-15H2,1H3/t20-,22+/m0/s1. The molecule has 1 aliphatic heterocycles. The van der Waals surface area contributed by atoms with Gasteiger partial charge in [-0.1, -0.05) is 35.9 Å². The average Bonchev–Trinajstić information content (AvgIpc) is 2.72. The molecule has 2 atom stereocenters. The van der Waals surface area contributed by atoms with Crippen LogP contribution in [0, 0.1) is 0 Å². The summed E-state index contributed by atoms with van der Waals surface area (Å²) in [7, 11) is 1.61. The van der Waals surface area contributed by atoms with Crippen LogP contribution in [0.5, 0.6) is 5.75 Å². The van der Waals surface area contributed by atoms with Crippen LogP contribution in [0.2, 0.25) is 5.02 Å². The maximum atomic E-state index is 12.7. The number of methoxy groups -OCH3 is 1. The van der Waals surface area contributed by atoms with Crippen molar-refractivity contribution in [1.29, 1.82) is 0 Å². The second kappa shape index (κ2) is 9.59. The molecular formula is C22H27ClN2O4. The zero-order valence-electron chi connectivity index (χ0n) is 16.5. The Hall–Kier alpha value is -2.12. The van der Waals surface area contributed by atoms with Gasteiger partial charge in [0, 0.05) is 24.7 Å². The van der Waals surface area contributed by atoms with Gasteiger partial charge in [0.25, 0.3) is 0 Å². The maximum Gasteiger partial charge on any atom is 0.227 e. The summed E-state index contributed by atoms with van der Waals surface area (Å²) >= 11 is 5.89. The number of nitrogens with zero attached hydrogens (tertiary/aromatic N) is 1. The molecule has 6 nitrogen and oxygen atoms in total. The summed E-state index contributed by atoms with van der Waals surface area (Å²) in [5, 5.41) is 25.2. The zero-order chi connectivity index (χ0) is 20.9. The van der Waals surface area contributed by atoms with Crippen molar-refractivity contribution in [3.63, 3.8) is 0 Å². The van der Waals surface area contributed by atoms with E-state index in [0.29, 0.717) is 24.5 Å². The summed E-state index contributed by atoms with van der Waals surface area (Å²) in [6, 6.07) is 14.8. The molecule has 29 heavy (non-hydrogen) atoms. The summed E-state index contributed by atoms with van der Waals surface area (Å²) < 4.78 is 5.22. The number of benzene rings is 2. The van der Waals surface area contributed by atoms with E-state index in [9.17, 15) is 15.0 Å². The highest BCUT2D eigenvalue weighted by atomic mass is 35.5. The number of amides is 1. The van der Waals surface area contributed by atoms with E-state index < -0.39 is 11.7 Å². The van der Waals surface area contributed by atoms with Crippen LogP contribution < -0.4 is 10.1 Å². The smallest absolute Gasteiger partial charge is 0.227 e. The number of ether oxygens (including phenoxy) is 1. The first-order valence-electron chi connectivity index (χ1n) is 9.66. The number of aliphatic hydroxyl groups excluding tert-OH is 1. The number of aliphatic hydroxyl groups is 2. The molecule has 1 aliphatic rings. The molecule has 1 heterocycles. The van der Waals surface area contributed by atoms with Gasteiger partial charge in [0.1, 0.15) is 11.4 Å². The lowest BCUT2D eigenvalue weighted by Crippen LogP contribution is -2.62. The van der Waals surface area contributed by atoms with E-state index in [1.165, 1.54) is 0 Å². The van der Waals surface area contributed by atoms with Crippen LogP contribution in [0.3, 0.4) is 0 Å². The van der Waals surface area contributed by atoms with Crippen molar-refractivity contribution in [1.82, 2.24) is 10.2 Å². The van der Waals surface area contributed by atoms with Gasteiger partial charge in [-0.3, -0.25) is 4.79 Å². The fraction of sp³-hybridized carbons (Fsp3) is 0.409. The van der Waals surface area contributed by atoms with Crippen LogP contribution in [0.1, 0.15) is 17.5 Å². The first kappa shape index (κ1) is 21.6. The van der Waals surface area contributed by atoms with Crippen molar-refractivity contribution >= 4 is 17.5 Å². The first-order chi connectivity index (χ1) is 13.9. The molecule has 0 spiro atoms. The van der Waals surface area contributed by atoms with E-state index in [1.807, 2.05) is 36.4 Å². The Bertz CT molecular complexity index is 830. The molecule has 156 valence electrons. The van der Waals surface area contributed by atoms with Crippen molar-refractivity contribution in [3.8, 4) is 5.75 Å². The Morgan fingerprint density at radius 3 is 2.76 bits per heavy atom. The van der Waals surface area contributed by atoms with Gasteiger partial charge >= 0.3 is 0 Å². The molecule has 0 saturated carbocycles. The lowest BCUT2D eigenvalue weighted by atomic mass is 9.89. The Kier molecular flexibility index (Phi) is 7.14. The van der Waals surface area contributed by atoms with Gasteiger partial charge in [0.05, 0.1) is 26.2 Å². The van der Waals surface area contributed by atoms with Gasteiger partial charge < -0.3 is 25.2 Å². The Balaban J connectivity index is 1.57. The molecule has 3 rings (SSSR count). The summed E-state index contributed by atoms with van der Waals surface area (Å²) in [6.45, 7) is 1.21. The molecule has 1 saturated heterocycles. The minimum atomic E-state index is -1.40. The predicted molar refractivity (Wildman–Crippen MR) is 112 cm³/mol. The Morgan fingerprint density at radius 1 is 1.28 bits per heavy atom. The third-order valence-electron chi connectivity index (χ3n) is 5.27. The van der Waals surface area contributed by atoms with E-state index in [-0.39, 0.29) is 25.4 Å². The highest BCUT2D eigenvalue weighted by Gasteiger charge is 2.42. The predicted octanol–water partition coefficient (Wildman–Crippen LogP) is 2.01. The van der Waals surface area contributed by atoms with E-state index in [2.05, 4.69) is 5.32 Å². The number of hydrogen-bond donors (Lipinski definition) is 3. The van der Waals surface area contributed by atoms with Gasteiger partial charge in [-0.05, 0) is 41.8 Å². The Morgan fingerprint density at radius 2 is 2.03 bits per heavy atom. The lowest BCUT2D eigenvalue weighted by Gasteiger charge is -2.43. The second-order valence-corrected chi connectivity index (χ2v) is 7.92. The highest BCUT2D eigenvalue weighted by Crippen LogP contribution is 2.23. The maximum absolute atomic E-state index is 12.7. The van der Waals surface area contributed by atoms with Gasteiger partial charge in [-0.25, -0.2) is 0 Å². The number of hydrogen-bond acceptors (Lipinski definition) is 5. The lowest BCUT2D eigenvalue weighted by molar-refractivity contribution is -0.150. The largest absolute Gasteiger partial charge is 0.497 e. The molecule has 0 bridgehead atoms. The van der Waals surface area contributed by atoms with Gasteiger partial charge in [-0.2, -0.15) is 0 Å². The highest BCUT2D eigenvalue weighted by molar-refractivity contribution is 6.30. The van der Waals surface area contributed by atoms with E-state index in [4.69, 9.17) is 16.3 Å². The van der Waals surface area contributed by atoms with E-state index in [1.54, 1.807) is 24.1 Å². The quantitative estimate of drug-likeness (QED) is 0.640. The molecular weight excluding hydrogens is 392 g/mol. The average molecular weight is 419 g/mol. The molecule has 7 heteroatoms. The number of carbonyl (C=O) groups excluding carboxylic acids is 1. The van der Waals surface area contributed by atoms with Crippen molar-refractivity contribution in [2.24, 2.45) is 0 Å². The van der Waals surface area contributed by atoms with Gasteiger partial charge in [0.15, 0.2) is 0 Å². The second-order valence-electron chi connectivity index (χ2n) is 7.48. The molecule has 1 fully saturated rings. The van der Waals surface area contributed by atoms with Crippen LogP contribution in [-0.2, 0) is 17.8 Å². The van der Waals surface area contributed by atoms with Crippen molar-refractivity contribution in [3.05, 3.63) is 64.7 Å². The van der Waals surface area contributed by atoms with Crippen LogP contribution in [0.25, 0.3) is 0 Å². The number of nitrogens with one attached hydrogen (secondary N) is 1. The minimum Gasteiger partial charge on any atom is -0.497 e. The minimum absolute atomic E-state index is 0.0783. The molecule has 0 aromatic heterocycles. The van der Waals surface area contributed by atoms with E-state index >= 15 is 0 Å². The third kappa shape index (κ3) is 5.70. The van der Waals surface area contributed by atoms with Crippen molar-refractivity contribution < 1.29 is 19.7 Å².